The van der Waals surface area contributed by atoms with Crippen LogP contribution < -0.4 is 15.6 Å². The monoisotopic (exact) mass is 368 g/mol. The molecule has 4 aromatic rings. The second kappa shape index (κ2) is 5.61. The van der Waals surface area contributed by atoms with Crippen molar-refractivity contribution in [3.8, 4) is 16.6 Å². The van der Waals surface area contributed by atoms with E-state index >= 15 is 0 Å². The van der Waals surface area contributed by atoms with Crippen LogP contribution in [0.4, 0.5) is 0 Å². The third-order valence-electron chi connectivity index (χ3n) is 4.38. The topological polar surface area (TPSA) is 97.2 Å². The van der Waals surface area contributed by atoms with Gasteiger partial charge in [-0.15, -0.1) is 0 Å². The summed E-state index contributed by atoms with van der Waals surface area (Å²) in [5.74, 6) is 0.442. The van der Waals surface area contributed by atoms with Gasteiger partial charge in [0.05, 0.1) is 17.3 Å². The number of imidazole rings is 1. The van der Waals surface area contributed by atoms with Gasteiger partial charge in [0.1, 0.15) is 16.6 Å². The lowest BCUT2D eigenvalue weighted by Crippen LogP contribution is -2.50. The van der Waals surface area contributed by atoms with Crippen molar-refractivity contribution < 1.29 is 4.74 Å². The standard InChI is InChI=1S/C17H16N6O2S/c1-8-3-12(22-23-7-9(2)19-15(8)23)14-20-16(24)11-4-13(26-17(11)21-14)25-10-5-18-6-10/h3-4,7,10,18H,5-6H2,1-2H3,(H,20,21,24). The van der Waals surface area contributed by atoms with E-state index in [1.54, 1.807) is 10.6 Å². The quantitative estimate of drug-likeness (QED) is 0.571. The highest BCUT2D eigenvalue weighted by Gasteiger charge is 2.20. The molecule has 1 aliphatic heterocycles. The summed E-state index contributed by atoms with van der Waals surface area (Å²) in [5, 5.41) is 8.95. The predicted octanol–water partition coefficient (Wildman–Crippen LogP) is 1.66. The minimum Gasteiger partial charge on any atom is -0.478 e. The van der Waals surface area contributed by atoms with Gasteiger partial charge in [-0.05, 0) is 25.5 Å². The zero-order valence-electron chi connectivity index (χ0n) is 14.2. The summed E-state index contributed by atoms with van der Waals surface area (Å²) in [6, 6.07) is 3.64. The number of thiophene rings is 1. The molecule has 26 heavy (non-hydrogen) atoms. The van der Waals surface area contributed by atoms with Crippen molar-refractivity contribution in [2.24, 2.45) is 0 Å². The van der Waals surface area contributed by atoms with Gasteiger partial charge < -0.3 is 15.0 Å². The first kappa shape index (κ1) is 15.5. The molecule has 0 unspecified atom stereocenters. The number of nitrogens with one attached hydrogen (secondary N) is 2. The molecule has 0 spiro atoms. The Morgan fingerprint density at radius 1 is 1.27 bits per heavy atom. The van der Waals surface area contributed by atoms with Gasteiger partial charge in [-0.1, -0.05) is 11.3 Å². The van der Waals surface area contributed by atoms with Gasteiger partial charge in [0, 0.05) is 19.2 Å². The van der Waals surface area contributed by atoms with Crippen molar-refractivity contribution in [2.75, 3.05) is 13.1 Å². The Hall–Kier alpha value is -2.78. The highest BCUT2D eigenvalue weighted by molar-refractivity contribution is 7.20. The fraction of sp³-hybridized carbons (Fsp3) is 0.294. The lowest BCUT2D eigenvalue weighted by atomic mass is 10.2. The number of rotatable bonds is 3. The summed E-state index contributed by atoms with van der Waals surface area (Å²) in [6.07, 6.45) is 2.02. The molecule has 0 bridgehead atoms. The van der Waals surface area contributed by atoms with Crippen molar-refractivity contribution in [2.45, 2.75) is 20.0 Å². The molecular weight excluding hydrogens is 352 g/mol. The highest BCUT2D eigenvalue weighted by atomic mass is 32.1. The molecule has 5 rings (SSSR count). The molecule has 0 saturated carbocycles. The molecule has 1 fully saturated rings. The van der Waals surface area contributed by atoms with E-state index < -0.39 is 0 Å². The van der Waals surface area contributed by atoms with Crippen LogP contribution >= 0.6 is 11.3 Å². The normalized spacial score (nSPS) is 14.8. The van der Waals surface area contributed by atoms with Crippen molar-refractivity contribution >= 4 is 27.2 Å². The number of fused-ring (bicyclic) bond motifs is 2. The SMILES string of the molecule is Cc1cn2nc(-c3nc4sc(OC5CNC5)cc4c(=O)[nH]3)cc(C)c2n1. The van der Waals surface area contributed by atoms with E-state index in [4.69, 9.17) is 4.74 Å². The van der Waals surface area contributed by atoms with Gasteiger partial charge in [-0.25, -0.2) is 14.5 Å². The minimum absolute atomic E-state index is 0.165. The van der Waals surface area contributed by atoms with Crippen LogP contribution in [0.5, 0.6) is 5.06 Å². The largest absolute Gasteiger partial charge is 0.478 e. The van der Waals surface area contributed by atoms with Crippen LogP contribution in [0, 0.1) is 13.8 Å². The maximum Gasteiger partial charge on any atom is 0.260 e. The van der Waals surface area contributed by atoms with Gasteiger partial charge in [0.2, 0.25) is 0 Å². The highest BCUT2D eigenvalue weighted by Crippen LogP contribution is 2.30. The molecule has 5 heterocycles. The van der Waals surface area contributed by atoms with Gasteiger partial charge in [-0.2, -0.15) is 5.10 Å². The molecule has 2 N–H and O–H groups in total. The molecule has 1 aliphatic rings. The minimum atomic E-state index is -0.191. The number of H-pyrrole nitrogens is 1. The Bertz CT molecular complexity index is 1200. The fourth-order valence-corrected chi connectivity index (χ4v) is 3.91. The fourth-order valence-electron chi connectivity index (χ4n) is 2.96. The molecular formula is C17H16N6O2S. The maximum atomic E-state index is 12.5. The molecule has 4 aromatic heterocycles. The molecule has 0 atom stereocenters. The summed E-state index contributed by atoms with van der Waals surface area (Å²) in [7, 11) is 0. The first-order valence-corrected chi connectivity index (χ1v) is 9.14. The third-order valence-corrected chi connectivity index (χ3v) is 5.30. The molecule has 0 aromatic carbocycles. The molecule has 9 heteroatoms. The Balaban J connectivity index is 1.61. The average molecular weight is 368 g/mol. The molecule has 0 aliphatic carbocycles. The smallest absolute Gasteiger partial charge is 0.260 e. The van der Waals surface area contributed by atoms with Crippen molar-refractivity contribution in [1.82, 2.24) is 29.9 Å². The number of aromatic nitrogens is 5. The van der Waals surface area contributed by atoms with Crippen LogP contribution in [0.1, 0.15) is 11.3 Å². The maximum absolute atomic E-state index is 12.5. The molecule has 0 amide bonds. The second-order valence-corrected chi connectivity index (χ2v) is 7.45. The Kier molecular flexibility index (Phi) is 3.34. The Morgan fingerprint density at radius 2 is 2.12 bits per heavy atom. The van der Waals surface area contributed by atoms with Crippen LogP contribution in [-0.2, 0) is 0 Å². The summed E-state index contributed by atoms with van der Waals surface area (Å²) in [5.41, 5.74) is 3.07. The number of aryl methyl sites for hydroxylation is 2. The number of ether oxygens (including phenoxy) is 1. The van der Waals surface area contributed by atoms with Crippen LogP contribution in [0.3, 0.4) is 0 Å². The lowest BCUT2D eigenvalue weighted by Gasteiger charge is -2.26. The number of hydrogen-bond acceptors (Lipinski definition) is 7. The first-order chi connectivity index (χ1) is 12.6. The van der Waals surface area contributed by atoms with Gasteiger partial charge in [0.25, 0.3) is 5.56 Å². The number of nitrogens with zero attached hydrogens (tertiary/aromatic N) is 4. The van der Waals surface area contributed by atoms with Crippen LogP contribution in [0.15, 0.2) is 23.1 Å². The van der Waals surface area contributed by atoms with Gasteiger partial charge in [-0.3, -0.25) is 4.79 Å². The zero-order valence-corrected chi connectivity index (χ0v) is 15.1. The number of aromatic amines is 1. The predicted molar refractivity (Wildman–Crippen MR) is 99.0 cm³/mol. The Labute approximate surface area is 151 Å². The van der Waals surface area contributed by atoms with Gasteiger partial charge in [0.15, 0.2) is 16.5 Å². The van der Waals surface area contributed by atoms with Crippen molar-refractivity contribution in [3.63, 3.8) is 0 Å². The van der Waals surface area contributed by atoms with E-state index in [0.29, 0.717) is 26.8 Å². The average Bonchev–Trinajstić information content (AvgIpc) is 3.14. The van der Waals surface area contributed by atoms with E-state index in [9.17, 15) is 4.79 Å². The lowest BCUT2D eigenvalue weighted by molar-refractivity contribution is 0.147. The summed E-state index contributed by atoms with van der Waals surface area (Å²) >= 11 is 1.38. The Morgan fingerprint density at radius 3 is 2.88 bits per heavy atom. The molecule has 8 nitrogen and oxygen atoms in total. The zero-order chi connectivity index (χ0) is 17.8. The van der Waals surface area contributed by atoms with Crippen LogP contribution in [0.25, 0.3) is 27.4 Å². The van der Waals surface area contributed by atoms with E-state index in [0.717, 1.165) is 30.0 Å². The molecule has 1 saturated heterocycles. The van der Waals surface area contributed by atoms with E-state index in [-0.39, 0.29) is 11.7 Å². The molecule has 0 radical (unpaired) electrons. The van der Waals surface area contributed by atoms with E-state index in [1.807, 2.05) is 26.1 Å². The molecule has 132 valence electrons. The van der Waals surface area contributed by atoms with E-state index in [1.165, 1.54) is 11.3 Å². The second-order valence-electron chi connectivity index (χ2n) is 6.46. The summed E-state index contributed by atoms with van der Waals surface area (Å²) < 4.78 is 7.57. The van der Waals surface area contributed by atoms with Crippen molar-refractivity contribution in [3.05, 3.63) is 39.9 Å². The summed E-state index contributed by atoms with van der Waals surface area (Å²) in [4.78, 5) is 25.0. The van der Waals surface area contributed by atoms with Crippen LogP contribution in [0.2, 0.25) is 0 Å². The number of hydrogen-bond donors (Lipinski definition) is 2. The van der Waals surface area contributed by atoms with Gasteiger partial charge >= 0.3 is 0 Å². The van der Waals surface area contributed by atoms with Crippen LogP contribution in [-0.4, -0.2) is 43.8 Å². The first-order valence-electron chi connectivity index (χ1n) is 8.32. The van der Waals surface area contributed by atoms with Crippen molar-refractivity contribution in [1.29, 1.82) is 0 Å². The third kappa shape index (κ3) is 2.47. The van der Waals surface area contributed by atoms with E-state index in [2.05, 4.69) is 25.4 Å². The summed E-state index contributed by atoms with van der Waals surface area (Å²) in [6.45, 7) is 5.55.